The molecule has 0 radical (unpaired) electrons. The number of rotatable bonds is 12. The number of ketones is 1. The van der Waals surface area contributed by atoms with Crippen molar-refractivity contribution in [3.63, 3.8) is 0 Å². The van der Waals surface area contributed by atoms with Crippen molar-refractivity contribution in [3.8, 4) is 11.5 Å². The third-order valence-corrected chi connectivity index (χ3v) is 5.14. The summed E-state index contributed by atoms with van der Waals surface area (Å²) in [5.74, 6) is 1.91. The van der Waals surface area contributed by atoms with Crippen LogP contribution in [0.2, 0.25) is 0 Å². The van der Waals surface area contributed by atoms with Gasteiger partial charge in [-0.3, -0.25) is 4.79 Å². The molecule has 1 aromatic heterocycles. The number of hydrogen-bond acceptors (Lipinski definition) is 4. The van der Waals surface area contributed by atoms with Gasteiger partial charge < -0.3 is 13.9 Å². The van der Waals surface area contributed by atoms with E-state index >= 15 is 0 Å². The maximum absolute atomic E-state index is 13.5. The Balaban J connectivity index is 2.51. The summed E-state index contributed by atoms with van der Waals surface area (Å²) < 4.78 is 56.3. The van der Waals surface area contributed by atoms with Gasteiger partial charge in [0.2, 0.25) is 0 Å². The second-order valence-electron chi connectivity index (χ2n) is 7.87. The molecule has 0 amide bonds. The molecule has 4 nitrogen and oxygen atoms in total. The number of unbranched alkanes of at least 4 members (excludes halogenated alkanes) is 2. The maximum Gasteiger partial charge on any atom is 0.393 e. The molecule has 0 bridgehead atoms. The molecule has 0 spiro atoms. The highest BCUT2D eigenvalue weighted by atomic mass is 19.4. The summed E-state index contributed by atoms with van der Waals surface area (Å²) in [4.78, 5) is 13.0. The molecule has 0 unspecified atom stereocenters. The standard InChI is InChI=1S/C26H31F3O4/c1-5-6-7-8-19(25(30)12-11-22-10-9-18(2)33-22)13-21(17-26(27,28)29)20-14-23(31-3)16-24(15-20)32-4/h9-10,14-16H,5-8,11-12,17H2,1-4H3. The van der Waals surface area contributed by atoms with E-state index < -0.39 is 12.6 Å². The summed E-state index contributed by atoms with van der Waals surface area (Å²) in [6.45, 7) is 3.84. The zero-order valence-electron chi connectivity index (χ0n) is 19.6. The fourth-order valence-corrected chi connectivity index (χ4v) is 3.41. The van der Waals surface area contributed by atoms with Crippen molar-refractivity contribution >= 4 is 11.4 Å². The van der Waals surface area contributed by atoms with Gasteiger partial charge in [-0.25, -0.2) is 0 Å². The van der Waals surface area contributed by atoms with Crippen molar-refractivity contribution in [2.45, 2.75) is 65.0 Å². The highest BCUT2D eigenvalue weighted by molar-refractivity contribution is 5.96. The lowest BCUT2D eigenvalue weighted by Gasteiger charge is -2.13. The molecule has 180 valence electrons. The van der Waals surface area contributed by atoms with Gasteiger partial charge in [0.25, 0.3) is 0 Å². The van der Waals surface area contributed by atoms with Crippen LogP contribution in [-0.2, 0) is 11.2 Å². The van der Waals surface area contributed by atoms with Crippen molar-refractivity contribution < 1.29 is 31.9 Å². The van der Waals surface area contributed by atoms with Gasteiger partial charge in [0, 0.05) is 30.1 Å². The third kappa shape index (κ3) is 8.85. The van der Waals surface area contributed by atoms with Crippen LogP contribution in [0.5, 0.6) is 11.5 Å². The maximum atomic E-state index is 13.5. The number of alkyl halides is 3. The van der Waals surface area contributed by atoms with Crippen molar-refractivity contribution in [1.82, 2.24) is 0 Å². The molecule has 0 aliphatic rings. The molecule has 0 N–H and O–H groups in total. The van der Waals surface area contributed by atoms with Gasteiger partial charge in [-0.1, -0.05) is 19.8 Å². The molecule has 2 aromatic rings. The number of carbonyl (C=O) groups excluding carboxylic acids is 1. The van der Waals surface area contributed by atoms with E-state index in [4.69, 9.17) is 13.9 Å². The zero-order valence-corrected chi connectivity index (χ0v) is 19.6. The Labute approximate surface area is 193 Å². The lowest BCUT2D eigenvalue weighted by atomic mass is 9.96. The molecular weight excluding hydrogens is 433 g/mol. The largest absolute Gasteiger partial charge is 0.497 e. The van der Waals surface area contributed by atoms with Gasteiger partial charge >= 0.3 is 6.18 Å². The molecule has 0 aliphatic heterocycles. The fourth-order valence-electron chi connectivity index (χ4n) is 3.41. The topological polar surface area (TPSA) is 48.7 Å². The van der Waals surface area contributed by atoms with E-state index in [0.717, 1.165) is 18.6 Å². The lowest BCUT2D eigenvalue weighted by molar-refractivity contribution is -0.123. The number of ether oxygens (including phenoxy) is 2. The molecule has 2 rings (SSSR count). The Bertz CT molecular complexity index is 973. The minimum atomic E-state index is -4.47. The average molecular weight is 465 g/mol. The number of carbonyl (C=O) groups is 1. The van der Waals surface area contributed by atoms with Crippen LogP contribution in [-0.4, -0.2) is 26.2 Å². The van der Waals surface area contributed by atoms with Gasteiger partial charge in [-0.15, -0.1) is 5.73 Å². The Morgan fingerprint density at radius 3 is 2.21 bits per heavy atom. The number of Topliss-reactive ketones (excluding diaryl/α,β-unsaturated/α-hetero) is 1. The van der Waals surface area contributed by atoms with E-state index in [1.54, 1.807) is 12.1 Å². The van der Waals surface area contributed by atoms with Crippen LogP contribution in [0.1, 0.15) is 62.5 Å². The van der Waals surface area contributed by atoms with Crippen molar-refractivity contribution in [2.75, 3.05) is 14.2 Å². The van der Waals surface area contributed by atoms with Crippen LogP contribution >= 0.6 is 0 Å². The lowest BCUT2D eigenvalue weighted by Crippen LogP contribution is -2.09. The molecular formula is C26H31F3O4. The highest BCUT2D eigenvalue weighted by Crippen LogP contribution is 2.34. The molecule has 0 aliphatic carbocycles. The monoisotopic (exact) mass is 464 g/mol. The van der Waals surface area contributed by atoms with E-state index in [-0.39, 0.29) is 28.9 Å². The smallest absolute Gasteiger partial charge is 0.393 e. The Morgan fingerprint density at radius 2 is 1.70 bits per heavy atom. The number of methoxy groups -OCH3 is 2. The van der Waals surface area contributed by atoms with E-state index in [9.17, 15) is 18.0 Å². The Kier molecular flexibility index (Phi) is 9.86. The van der Waals surface area contributed by atoms with Gasteiger partial charge in [-0.05, 0) is 49.6 Å². The molecule has 7 heteroatoms. The van der Waals surface area contributed by atoms with Crippen molar-refractivity contribution in [2.24, 2.45) is 0 Å². The summed E-state index contributed by atoms with van der Waals surface area (Å²) in [5, 5.41) is 0. The summed E-state index contributed by atoms with van der Waals surface area (Å²) in [7, 11) is 2.86. The van der Waals surface area contributed by atoms with Gasteiger partial charge in [0.15, 0.2) is 5.78 Å². The van der Waals surface area contributed by atoms with Crippen LogP contribution in [0, 0.1) is 6.92 Å². The second-order valence-corrected chi connectivity index (χ2v) is 7.87. The van der Waals surface area contributed by atoms with Crippen molar-refractivity contribution in [3.05, 3.63) is 58.7 Å². The summed E-state index contributed by atoms with van der Waals surface area (Å²) in [5.41, 5.74) is 3.26. The van der Waals surface area contributed by atoms with Gasteiger partial charge in [-0.2, -0.15) is 13.2 Å². The number of allylic oxidation sites excluding steroid dienone is 1. The normalized spacial score (nSPS) is 11.1. The molecule has 0 saturated heterocycles. The van der Waals surface area contributed by atoms with Crippen molar-refractivity contribution in [1.29, 1.82) is 0 Å². The summed E-state index contributed by atoms with van der Waals surface area (Å²) in [6.07, 6.45) is -2.29. The number of hydrogen-bond donors (Lipinski definition) is 0. The quantitative estimate of drug-likeness (QED) is 0.189. The first-order valence-electron chi connectivity index (χ1n) is 11.0. The first-order valence-corrected chi connectivity index (χ1v) is 11.0. The minimum absolute atomic E-state index is 0.117. The first kappa shape index (κ1) is 26.3. The summed E-state index contributed by atoms with van der Waals surface area (Å²) >= 11 is 0. The average Bonchev–Trinajstić information content (AvgIpc) is 3.20. The Morgan fingerprint density at radius 1 is 1.03 bits per heavy atom. The molecule has 0 fully saturated rings. The van der Waals surface area contributed by atoms with Gasteiger partial charge in [0.1, 0.15) is 23.0 Å². The number of aryl methyl sites for hydroxylation is 2. The number of furan rings is 1. The Hall–Kier alpha value is -2.92. The van der Waals surface area contributed by atoms with E-state index in [0.29, 0.717) is 36.5 Å². The van der Waals surface area contributed by atoms with E-state index in [1.807, 2.05) is 19.9 Å². The molecule has 33 heavy (non-hydrogen) atoms. The number of halogens is 3. The molecule has 0 atom stereocenters. The predicted molar refractivity (Wildman–Crippen MR) is 122 cm³/mol. The fraction of sp³-hybridized carbons (Fsp3) is 0.462. The molecule has 0 saturated carbocycles. The summed E-state index contributed by atoms with van der Waals surface area (Å²) in [6, 6.07) is 8.19. The predicted octanol–water partition coefficient (Wildman–Crippen LogP) is 7.25. The SMILES string of the molecule is CCCCCC(=C=C(CC(F)(F)F)c1cc(OC)cc(OC)c1)C(=O)CCc1ccc(C)o1. The minimum Gasteiger partial charge on any atom is -0.497 e. The van der Waals surface area contributed by atoms with E-state index in [1.165, 1.54) is 26.4 Å². The van der Waals surface area contributed by atoms with Crippen LogP contribution in [0.25, 0.3) is 5.57 Å². The second kappa shape index (κ2) is 12.4. The first-order chi connectivity index (χ1) is 15.6. The third-order valence-electron chi connectivity index (χ3n) is 5.14. The van der Waals surface area contributed by atoms with E-state index in [2.05, 4.69) is 5.73 Å². The number of benzene rings is 1. The van der Waals surface area contributed by atoms with Crippen LogP contribution in [0.4, 0.5) is 13.2 Å². The van der Waals surface area contributed by atoms with Crippen LogP contribution in [0.15, 0.2) is 46.1 Å². The van der Waals surface area contributed by atoms with Crippen LogP contribution < -0.4 is 9.47 Å². The molecule has 1 aromatic carbocycles. The van der Waals surface area contributed by atoms with Crippen LogP contribution in [0.3, 0.4) is 0 Å². The zero-order chi connectivity index (χ0) is 24.4. The van der Waals surface area contributed by atoms with Gasteiger partial charge in [0.05, 0.1) is 20.6 Å². The highest BCUT2D eigenvalue weighted by Gasteiger charge is 2.30. The molecule has 1 heterocycles.